The lowest BCUT2D eigenvalue weighted by Crippen LogP contribution is -2.37. The van der Waals surface area contributed by atoms with Gasteiger partial charge in [0.05, 0.1) is 18.2 Å². The van der Waals surface area contributed by atoms with Gasteiger partial charge in [-0.3, -0.25) is 9.59 Å². The highest BCUT2D eigenvalue weighted by atomic mass is 19.1. The Bertz CT molecular complexity index is 1390. The number of aliphatic hydroxyl groups is 1. The lowest BCUT2D eigenvalue weighted by atomic mass is 9.99. The van der Waals surface area contributed by atoms with Crippen molar-refractivity contribution in [3.8, 4) is 22.5 Å². The molecular weight excluding hydrogens is 447 g/mol. The zero-order chi connectivity index (χ0) is 24.5. The van der Waals surface area contributed by atoms with Crippen LogP contribution in [0.2, 0.25) is 0 Å². The molecule has 0 radical (unpaired) electrons. The summed E-state index contributed by atoms with van der Waals surface area (Å²) in [7, 11) is 1.55. The molecule has 2 heterocycles. The average Bonchev–Trinajstić information content (AvgIpc) is 3.52. The number of carbonyl (C=O) groups is 2. The van der Waals surface area contributed by atoms with Crippen LogP contribution in [0.3, 0.4) is 0 Å². The van der Waals surface area contributed by atoms with E-state index in [4.69, 9.17) is 4.42 Å². The number of nitrogens with zero attached hydrogens (tertiary/aromatic N) is 1. The molecule has 0 spiro atoms. The van der Waals surface area contributed by atoms with E-state index in [1.165, 1.54) is 12.1 Å². The Morgan fingerprint density at radius 1 is 1.03 bits per heavy atom. The van der Waals surface area contributed by atoms with Gasteiger partial charge in [0.15, 0.2) is 0 Å². The van der Waals surface area contributed by atoms with Crippen LogP contribution in [0.5, 0.6) is 0 Å². The normalized spacial score (nSPS) is 15.5. The topological polar surface area (TPSA) is 82.8 Å². The summed E-state index contributed by atoms with van der Waals surface area (Å²) >= 11 is 0. The van der Waals surface area contributed by atoms with Crippen molar-refractivity contribution in [2.45, 2.75) is 18.9 Å². The smallest absolute Gasteiger partial charge is 0.255 e. The first-order valence-corrected chi connectivity index (χ1v) is 11.6. The van der Waals surface area contributed by atoms with E-state index in [1.54, 1.807) is 42.3 Å². The van der Waals surface area contributed by atoms with Gasteiger partial charge in [-0.2, -0.15) is 0 Å². The fraction of sp³-hybridized carbons (Fsp3) is 0.214. The molecule has 7 heteroatoms. The fourth-order valence-corrected chi connectivity index (χ4v) is 4.70. The number of amides is 2. The first kappa shape index (κ1) is 22.8. The van der Waals surface area contributed by atoms with Crippen molar-refractivity contribution in [3.63, 3.8) is 0 Å². The van der Waals surface area contributed by atoms with Crippen LogP contribution in [0.1, 0.15) is 33.6 Å². The summed E-state index contributed by atoms with van der Waals surface area (Å²) in [5.41, 5.74) is 3.85. The molecule has 1 aliphatic rings. The molecule has 3 aromatic carbocycles. The van der Waals surface area contributed by atoms with Crippen LogP contribution < -0.4 is 5.32 Å². The Morgan fingerprint density at radius 2 is 1.71 bits per heavy atom. The number of furan rings is 1. The van der Waals surface area contributed by atoms with Crippen LogP contribution in [0.15, 0.2) is 71.1 Å². The summed E-state index contributed by atoms with van der Waals surface area (Å²) < 4.78 is 19.4. The second-order valence-electron chi connectivity index (χ2n) is 8.66. The standard InChI is InChI=1S/C28H25FN2O4/c1-30-27(33)25-23-15-20(10-13-24(23)35-26(25)18-8-11-21(29)12-9-18)17-4-6-19(7-5-17)28(34)31-14-2-3-22(31)16-32/h4-13,15,22,32H,2-3,14,16H2,1H3,(H,30,33)/t22-/m0/s1. The number of carbonyl (C=O) groups excluding carboxylic acids is 2. The van der Waals surface area contributed by atoms with Crippen LogP contribution in [-0.4, -0.2) is 48.1 Å². The molecule has 1 aromatic heterocycles. The first-order chi connectivity index (χ1) is 17.0. The van der Waals surface area contributed by atoms with E-state index in [0.717, 1.165) is 24.0 Å². The van der Waals surface area contributed by atoms with Crippen LogP contribution >= 0.6 is 0 Å². The summed E-state index contributed by atoms with van der Waals surface area (Å²) in [6.07, 6.45) is 1.71. The number of hydrogen-bond donors (Lipinski definition) is 2. The molecule has 0 aliphatic carbocycles. The van der Waals surface area contributed by atoms with Crippen molar-refractivity contribution in [2.75, 3.05) is 20.2 Å². The fourth-order valence-electron chi connectivity index (χ4n) is 4.70. The molecule has 0 unspecified atom stereocenters. The lowest BCUT2D eigenvalue weighted by molar-refractivity contribution is 0.0677. The van der Waals surface area contributed by atoms with Gasteiger partial charge in [-0.1, -0.05) is 18.2 Å². The molecule has 0 bridgehead atoms. The third-order valence-corrected chi connectivity index (χ3v) is 6.56. The van der Waals surface area contributed by atoms with Crippen molar-refractivity contribution < 1.29 is 23.5 Å². The molecule has 2 N–H and O–H groups in total. The van der Waals surface area contributed by atoms with Crippen molar-refractivity contribution in [3.05, 3.63) is 83.7 Å². The lowest BCUT2D eigenvalue weighted by Gasteiger charge is -2.23. The summed E-state index contributed by atoms with van der Waals surface area (Å²) in [6, 6.07) is 18.6. The van der Waals surface area contributed by atoms with Crippen molar-refractivity contribution in [1.82, 2.24) is 10.2 Å². The van der Waals surface area contributed by atoms with Crippen molar-refractivity contribution in [2.24, 2.45) is 0 Å². The monoisotopic (exact) mass is 472 g/mol. The molecule has 1 fully saturated rings. The van der Waals surface area contributed by atoms with Gasteiger partial charge >= 0.3 is 0 Å². The second kappa shape index (κ2) is 9.35. The second-order valence-corrected chi connectivity index (χ2v) is 8.66. The maximum absolute atomic E-state index is 13.4. The highest BCUT2D eigenvalue weighted by Gasteiger charge is 2.28. The first-order valence-electron chi connectivity index (χ1n) is 11.6. The summed E-state index contributed by atoms with van der Waals surface area (Å²) in [6.45, 7) is 0.629. The molecular formula is C28H25FN2O4. The van der Waals surface area contributed by atoms with Gasteiger partial charge in [-0.25, -0.2) is 4.39 Å². The Morgan fingerprint density at radius 3 is 2.40 bits per heavy atom. The number of benzene rings is 3. The third-order valence-electron chi connectivity index (χ3n) is 6.56. The number of fused-ring (bicyclic) bond motifs is 1. The van der Waals surface area contributed by atoms with Crippen LogP contribution in [0.4, 0.5) is 4.39 Å². The SMILES string of the molecule is CNC(=O)c1c(-c2ccc(F)cc2)oc2ccc(-c3ccc(C(=O)N4CCC[C@H]4CO)cc3)cc12. The summed E-state index contributed by atoms with van der Waals surface area (Å²) in [4.78, 5) is 27.4. The Hall–Kier alpha value is -3.97. The Labute approximate surface area is 202 Å². The van der Waals surface area contributed by atoms with E-state index < -0.39 is 0 Å². The molecule has 5 rings (SSSR count). The summed E-state index contributed by atoms with van der Waals surface area (Å²) in [5.74, 6) is -0.372. The van der Waals surface area contributed by atoms with Crippen molar-refractivity contribution >= 4 is 22.8 Å². The van der Waals surface area contributed by atoms with Crippen molar-refractivity contribution in [1.29, 1.82) is 0 Å². The number of rotatable bonds is 5. The van der Waals surface area contributed by atoms with Crippen LogP contribution in [0.25, 0.3) is 33.4 Å². The minimum absolute atomic E-state index is 0.0257. The molecule has 0 saturated carbocycles. The van der Waals surface area contributed by atoms with Gasteiger partial charge in [0.25, 0.3) is 11.8 Å². The molecule has 178 valence electrons. The van der Waals surface area contributed by atoms with E-state index in [1.807, 2.05) is 24.3 Å². The van der Waals surface area contributed by atoms with E-state index in [9.17, 15) is 19.1 Å². The Kier molecular flexibility index (Phi) is 6.09. The third kappa shape index (κ3) is 4.19. The van der Waals surface area contributed by atoms with Crippen LogP contribution in [0, 0.1) is 5.82 Å². The van der Waals surface area contributed by atoms with Gasteiger partial charge in [0.2, 0.25) is 0 Å². The minimum Gasteiger partial charge on any atom is -0.455 e. The van der Waals surface area contributed by atoms with E-state index in [0.29, 0.717) is 40.0 Å². The maximum Gasteiger partial charge on any atom is 0.255 e. The number of hydrogen-bond acceptors (Lipinski definition) is 4. The molecule has 6 nitrogen and oxygen atoms in total. The van der Waals surface area contributed by atoms with E-state index in [-0.39, 0.29) is 30.3 Å². The molecule has 1 atom stereocenters. The van der Waals surface area contributed by atoms with E-state index in [2.05, 4.69) is 5.32 Å². The number of halogens is 1. The van der Waals surface area contributed by atoms with Gasteiger partial charge in [0.1, 0.15) is 17.2 Å². The van der Waals surface area contributed by atoms with Gasteiger partial charge in [0, 0.05) is 30.1 Å². The van der Waals surface area contributed by atoms with Gasteiger partial charge in [-0.05, 0) is 72.5 Å². The van der Waals surface area contributed by atoms with E-state index >= 15 is 0 Å². The highest BCUT2D eigenvalue weighted by molar-refractivity contribution is 6.11. The minimum atomic E-state index is -0.368. The van der Waals surface area contributed by atoms with Gasteiger partial charge in [-0.15, -0.1) is 0 Å². The molecule has 2 amide bonds. The molecule has 1 aliphatic heterocycles. The largest absolute Gasteiger partial charge is 0.455 e. The summed E-state index contributed by atoms with van der Waals surface area (Å²) in [5, 5.41) is 12.8. The predicted octanol–water partition coefficient (Wildman–Crippen LogP) is 4.86. The maximum atomic E-state index is 13.4. The zero-order valence-corrected chi connectivity index (χ0v) is 19.3. The number of aliphatic hydroxyl groups excluding tert-OH is 1. The van der Waals surface area contributed by atoms with Gasteiger partial charge < -0.3 is 19.7 Å². The van der Waals surface area contributed by atoms with Crippen LogP contribution in [-0.2, 0) is 0 Å². The zero-order valence-electron chi connectivity index (χ0n) is 19.3. The number of nitrogens with one attached hydrogen (secondary N) is 1. The average molecular weight is 473 g/mol. The molecule has 4 aromatic rings. The predicted molar refractivity (Wildman–Crippen MR) is 132 cm³/mol. The quantitative estimate of drug-likeness (QED) is 0.435. The Balaban J connectivity index is 1.51. The highest BCUT2D eigenvalue weighted by Crippen LogP contribution is 2.36. The molecule has 1 saturated heterocycles. The molecule has 35 heavy (non-hydrogen) atoms. The number of likely N-dealkylation sites (tertiary alicyclic amines) is 1.